The van der Waals surface area contributed by atoms with Crippen LogP contribution in [0.2, 0.25) is 0 Å². The predicted octanol–water partition coefficient (Wildman–Crippen LogP) is 3.28. The zero-order valence-electron chi connectivity index (χ0n) is 5.89. The minimum atomic E-state index is 0.917. The summed E-state index contributed by atoms with van der Waals surface area (Å²) in [4.78, 5) is 0. The molecule has 0 N–H and O–H groups in total. The molecule has 0 bridgehead atoms. The number of allylic oxidation sites excluding steroid dienone is 2. The SMILES string of the molecule is C=CC.[CH2]C(=C)C.[Cl][Pt]. The van der Waals surface area contributed by atoms with E-state index in [-0.39, 0.29) is 0 Å². The second kappa shape index (κ2) is 23.7. The fraction of sp³-hybridized carbons (Fsp3) is 0.286. The van der Waals surface area contributed by atoms with Crippen LogP contribution in [0.15, 0.2) is 24.8 Å². The summed E-state index contributed by atoms with van der Waals surface area (Å²) in [6.07, 6.45) is 1.75. The fourth-order valence-electron chi connectivity index (χ4n) is 0. The van der Waals surface area contributed by atoms with Crippen molar-refractivity contribution in [3.05, 3.63) is 31.7 Å². The molecule has 2 heteroatoms. The van der Waals surface area contributed by atoms with Gasteiger partial charge < -0.3 is 0 Å². The average Bonchev–Trinajstić information content (AvgIpc) is 1.71. The average molecular weight is 328 g/mol. The van der Waals surface area contributed by atoms with Gasteiger partial charge in [-0.1, -0.05) is 11.6 Å². The van der Waals surface area contributed by atoms with E-state index in [4.69, 9.17) is 0 Å². The molecule has 0 fully saturated rings. The minimum absolute atomic E-state index is 0.917. The second-order valence-electron chi connectivity index (χ2n) is 1.37. The van der Waals surface area contributed by atoms with Crippen molar-refractivity contribution in [2.24, 2.45) is 0 Å². The van der Waals surface area contributed by atoms with Crippen molar-refractivity contribution in [2.75, 3.05) is 0 Å². The molecule has 0 saturated carbocycles. The third kappa shape index (κ3) is 1680. The van der Waals surface area contributed by atoms with Gasteiger partial charge in [-0.05, 0) is 20.8 Å². The molecule has 0 aromatic carbocycles. The maximum absolute atomic E-state index is 4.61. The molecule has 0 heterocycles. The second-order valence-corrected chi connectivity index (χ2v) is 1.37. The van der Waals surface area contributed by atoms with Crippen molar-refractivity contribution in [1.82, 2.24) is 0 Å². The molecule has 9 heavy (non-hydrogen) atoms. The van der Waals surface area contributed by atoms with Gasteiger partial charge in [0.15, 0.2) is 0 Å². The van der Waals surface area contributed by atoms with Crippen molar-refractivity contribution in [2.45, 2.75) is 13.8 Å². The Hall–Kier alpha value is 0.458. The first-order chi connectivity index (χ1) is 4.15. The summed E-state index contributed by atoms with van der Waals surface area (Å²) in [6.45, 7) is 14.0. The molecule has 0 aliphatic carbocycles. The molecular formula is C7H13ClPt. The molecule has 0 spiro atoms. The Labute approximate surface area is 73.8 Å². The van der Waals surface area contributed by atoms with Crippen molar-refractivity contribution >= 4 is 9.42 Å². The molecule has 0 aliphatic heterocycles. The molecule has 1 radical (unpaired) electrons. The number of halogens is 1. The van der Waals surface area contributed by atoms with Crippen LogP contribution in [0.3, 0.4) is 0 Å². The molecule has 0 aliphatic rings. The molecule has 0 amide bonds. The first-order valence-corrected chi connectivity index (χ1v) is 5.13. The Morgan fingerprint density at radius 3 is 1.56 bits per heavy atom. The van der Waals surface area contributed by atoms with Crippen LogP contribution < -0.4 is 0 Å². The van der Waals surface area contributed by atoms with Crippen LogP contribution >= 0.6 is 9.42 Å². The van der Waals surface area contributed by atoms with Gasteiger partial charge in [0, 0.05) is 0 Å². The third-order valence-corrected chi connectivity index (χ3v) is 0. The van der Waals surface area contributed by atoms with E-state index in [1.807, 2.05) is 13.8 Å². The summed E-state index contributed by atoms with van der Waals surface area (Å²) >= 11 is 1.61. The molecule has 0 aromatic heterocycles. The molecule has 0 nitrogen and oxygen atoms in total. The monoisotopic (exact) mass is 327 g/mol. The van der Waals surface area contributed by atoms with Gasteiger partial charge in [-0.25, -0.2) is 0 Å². The van der Waals surface area contributed by atoms with Gasteiger partial charge >= 0.3 is 28.2 Å². The van der Waals surface area contributed by atoms with Crippen LogP contribution in [0.1, 0.15) is 13.8 Å². The van der Waals surface area contributed by atoms with Crippen LogP contribution in [0, 0.1) is 6.92 Å². The summed E-state index contributed by atoms with van der Waals surface area (Å²) < 4.78 is 0. The first kappa shape index (κ1) is 16.2. The van der Waals surface area contributed by atoms with E-state index in [1.165, 1.54) is 0 Å². The molecule has 0 rings (SSSR count). The van der Waals surface area contributed by atoms with Crippen LogP contribution in [-0.4, -0.2) is 0 Å². The Balaban J connectivity index is -0.0000000646. The molecule has 0 aromatic rings. The Morgan fingerprint density at radius 1 is 1.56 bits per heavy atom. The van der Waals surface area contributed by atoms with Crippen molar-refractivity contribution in [1.29, 1.82) is 0 Å². The number of hydrogen-bond donors (Lipinski definition) is 0. The summed E-state index contributed by atoms with van der Waals surface area (Å²) in [5.74, 6) is 0. The van der Waals surface area contributed by atoms with E-state index in [9.17, 15) is 0 Å². The summed E-state index contributed by atoms with van der Waals surface area (Å²) in [7, 11) is 4.61. The van der Waals surface area contributed by atoms with Crippen LogP contribution in [0.4, 0.5) is 0 Å². The number of rotatable bonds is 0. The van der Waals surface area contributed by atoms with Crippen molar-refractivity contribution < 1.29 is 18.8 Å². The van der Waals surface area contributed by atoms with E-state index in [2.05, 4.69) is 29.5 Å². The Bertz CT molecular complexity index is 55.9. The van der Waals surface area contributed by atoms with E-state index in [0.717, 1.165) is 5.57 Å². The Morgan fingerprint density at radius 2 is 1.56 bits per heavy atom. The molecule has 0 atom stereocenters. The summed E-state index contributed by atoms with van der Waals surface area (Å²) in [5.41, 5.74) is 0.917. The van der Waals surface area contributed by atoms with E-state index >= 15 is 0 Å². The van der Waals surface area contributed by atoms with Crippen LogP contribution in [-0.2, 0) is 18.8 Å². The zero-order chi connectivity index (χ0) is 8.28. The maximum atomic E-state index is 4.61. The molecule has 0 saturated heterocycles. The topological polar surface area (TPSA) is 0 Å². The van der Waals surface area contributed by atoms with E-state index < -0.39 is 0 Å². The first-order valence-electron chi connectivity index (χ1n) is 2.31. The molecule has 58 valence electrons. The van der Waals surface area contributed by atoms with Gasteiger partial charge in [0.2, 0.25) is 0 Å². The van der Waals surface area contributed by atoms with E-state index in [1.54, 1.807) is 24.8 Å². The van der Waals surface area contributed by atoms with E-state index in [0.29, 0.717) is 0 Å². The van der Waals surface area contributed by atoms with Gasteiger partial charge in [-0.2, -0.15) is 0 Å². The Kier molecular flexibility index (Phi) is 42.7. The molecular weight excluding hydrogens is 315 g/mol. The van der Waals surface area contributed by atoms with Crippen LogP contribution in [0.5, 0.6) is 0 Å². The van der Waals surface area contributed by atoms with Gasteiger partial charge in [0.1, 0.15) is 0 Å². The van der Waals surface area contributed by atoms with Gasteiger partial charge in [-0.3, -0.25) is 0 Å². The van der Waals surface area contributed by atoms with Gasteiger partial charge in [-0.15, -0.1) is 13.2 Å². The van der Waals surface area contributed by atoms with Crippen molar-refractivity contribution in [3.8, 4) is 0 Å². The summed E-state index contributed by atoms with van der Waals surface area (Å²) in [5, 5.41) is 0. The predicted molar refractivity (Wildman–Crippen MR) is 41.9 cm³/mol. The van der Waals surface area contributed by atoms with Crippen LogP contribution in [0.25, 0.3) is 0 Å². The number of hydrogen-bond acceptors (Lipinski definition) is 0. The fourth-order valence-corrected chi connectivity index (χ4v) is 0. The van der Waals surface area contributed by atoms with Crippen molar-refractivity contribution in [3.63, 3.8) is 0 Å². The third-order valence-electron chi connectivity index (χ3n) is 0. The standard InChI is InChI=1S/C4H7.C3H6.ClH.Pt/c1-4(2)3;1-3-2;;/h1-2H2,3H3;3H,1H2,2H3;1H;/q;;;+1/p-1. The molecule has 0 unspecified atom stereocenters. The van der Waals surface area contributed by atoms with Gasteiger partial charge in [0.25, 0.3) is 0 Å². The normalized spacial score (nSPS) is 5.11. The zero-order valence-corrected chi connectivity index (χ0v) is 8.92. The van der Waals surface area contributed by atoms with Gasteiger partial charge in [0.05, 0.1) is 0 Å². The quantitative estimate of drug-likeness (QED) is 0.599. The summed E-state index contributed by atoms with van der Waals surface area (Å²) in [6, 6.07) is 0.